The number of unbranched alkanes of at least 4 members (excludes halogenated alkanes) is 17. The molecule has 0 saturated carbocycles. The first-order valence-corrected chi connectivity index (χ1v) is 12.1. The zero-order chi connectivity index (χ0) is 20.0. The third-order valence-electron chi connectivity index (χ3n) is 5.79. The maximum absolute atomic E-state index is 11.2. The maximum Gasteiger partial charge on any atom is 0.220 e. The fourth-order valence-corrected chi connectivity index (χ4v) is 3.88. The van der Waals surface area contributed by atoms with Gasteiger partial charge in [-0.25, -0.2) is 0 Å². The van der Waals surface area contributed by atoms with Crippen LogP contribution < -0.4 is 5.73 Å². The van der Waals surface area contributed by atoms with Gasteiger partial charge in [-0.1, -0.05) is 122 Å². The van der Waals surface area contributed by atoms with E-state index in [4.69, 9.17) is 10.8 Å². The standard InChI is InChI=1S/C24H49NO2/c1-2-3-4-5-6-7-8-9-10-11-12-13-14-15-16-17-18-19-20-23(21-22-26)24(25)27/h23,26H,2-22H2,1H3,(H2,25,27). The summed E-state index contributed by atoms with van der Waals surface area (Å²) >= 11 is 0. The number of rotatable bonds is 22. The highest BCUT2D eigenvalue weighted by Crippen LogP contribution is 2.16. The van der Waals surface area contributed by atoms with Gasteiger partial charge in [0, 0.05) is 12.5 Å². The molecule has 0 saturated heterocycles. The van der Waals surface area contributed by atoms with E-state index in [2.05, 4.69) is 6.92 Å². The first-order valence-electron chi connectivity index (χ1n) is 12.1. The van der Waals surface area contributed by atoms with E-state index in [0.717, 1.165) is 12.8 Å². The molecule has 0 heterocycles. The molecule has 27 heavy (non-hydrogen) atoms. The van der Waals surface area contributed by atoms with Gasteiger partial charge in [0.05, 0.1) is 0 Å². The van der Waals surface area contributed by atoms with Crippen LogP contribution in [0, 0.1) is 5.92 Å². The zero-order valence-corrected chi connectivity index (χ0v) is 18.4. The van der Waals surface area contributed by atoms with Crippen molar-refractivity contribution in [3.05, 3.63) is 0 Å². The number of hydrogen-bond acceptors (Lipinski definition) is 2. The van der Waals surface area contributed by atoms with E-state index in [-0.39, 0.29) is 18.4 Å². The summed E-state index contributed by atoms with van der Waals surface area (Å²) in [5.74, 6) is -0.382. The minimum absolute atomic E-state index is 0.0622. The fraction of sp³-hybridized carbons (Fsp3) is 0.958. The van der Waals surface area contributed by atoms with Crippen molar-refractivity contribution in [2.75, 3.05) is 6.61 Å². The number of nitrogens with two attached hydrogens (primary N) is 1. The molecule has 0 spiro atoms. The monoisotopic (exact) mass is 383 g/mol. The Morgan fingerprint density at radius 1 is 0.630 bits per heavy atom. The molecule has 0 aliphatic heterocycles. The molecular formula is C24H49NO2. The summed E-state index contributed by atoms with van der Waals surface area (Å²) < 4.78 is 0. The summed E-state index contributed by atoms with van der Waals surface area (Å²) in [5.41, 5.74) is 5.35. The van der Waals surface area contributed by atoms with Gasteiger partial charge in [-0.2, -0.15) is 0 Å². The summed E-state index contributed by atoms with van der Waals surface area (Å²) in [6.45, 7) is 2.34. The molecule has 3 N–H and O–H groups in total. The number of hydrogen-bond donors (Lipinski definition) is 2. The average molecular weight is 384 g/mol. The highest BCUT2D eigenvalue weighted by Gasteiger charge is 2.13. The van der Waals surface area contributed by atoms with Crippen molar-refractivity contribution >= 4 is 5.91 Å². The molecule has 0 aromatic carbocycles. The molecule has 0 aliphatic rings. The molecule has 3 heteroatoms. The summed E-state index contributed by atoms with van der Waals surface area (Å²) in [7, 11) is 0. The molecule has 0 radical (unpaired) electrons. The van der Waals surface area contributed by atoms with Crippen LogP contribution in [0.25, 0.3) is 0 Å². The Labute approximate surface area is 169 Å². The summed E-state index contributed by atoms with van der Waals surface area (Å²) in [5, 5.41) is 8.93. The zero-order valence-electron chi connectivity index (χ0n) is 18.4. The van der Waals surface area contributed by atoms with E-state index in [1.807, 2.05) is 0 Å². The van der Waals surface area contributed by atoms with Crippen molar-refractivity contribution in [2.45, 2.75) is 135 Å². The van der Waals surface area contributed by atoms with Crippen LogP contribution in [-0.4, -0.2) is 17.6 Å². The Balaban J connectivity index is 3.15. The predicted octanol–water partition coefficient (Wildman–Crippen LogP) is 6.90. The third-order valence-corrected chi connectivity index (χ3v) is 5.79. The van der Waals surface area contributed by atoms with Gasteiger partial charge in [-0.3, -0.25) is 4.79 Å². The highest BCUT2D eigenvalue weighted by atomic mass is 16.3. The summed E-state index contributed by atoms with van der Waals surface area (Å²) in [6.07, 6.45) is 26.0. The Morgan fingerprint density at radius 3 is 1.26 bits per heavy atom. The van der Waals surface area contributed by atoms with Crippen LogP contribution >= 0.6 is 0 Å². The lowest BCUT2D eigenvalue weighted by Crippen LogP contribution is -2.24. The number of carbonyl (C=O) groups is 1. The van der Waals surface area contributed by atoms with E-state index in [0.29, 0.717) is 6.42 Å². The highest BCUT2D eigenvalue weighted by molar-refractivity contribution is 5.76. The van der Waals surface area contributed by atoms with Gasteiger partial charge in [0.2, 0.25) is 5.91 Å². The van der Waals surface area contributed by atoms with Crippen molar-refractivity contribution in [3.63, 3.8) is 0 Å². The van der Waals surface area contributed by atoms with Crippen LogP contribution in [-0.2, 0) is 4.79 Å². The molecule has 0 bridgehead atoms. The molecule has 3 nitrogen and oxygen atoms in total. The van der Waals surface area contributed by atoms with Crippen LogP contribution in [0.4, 0.5) is 0 Å². The van der Waals surface area contributed by atoms with Crippen molar-refractivity contribution in [3.8, 4) is 0 Å². The minimum atomic E-state index is -0.254. The fourth-order valence-electron chi connectivity index (χ4n) is 3.88. The third kappa shape index (κ3) is 20.0. The molecule has 0 fully saturated rings. The Morgan fingerprint density at radius 2 is 0.963 bits per heavy atom. The number of amides is 1. The second kappa shape index (κ2) is 21.7. The van der Waals surface area contributed by atoms with Gasteiger partial charge in [0.25, 0.3) is 0 Å². The lowest BCUT2D eigenvalue weighted by Gasteiger charge is -2.11. The molecule has 1 unspecified atom stereocenters. The summed E-state index contributed by atoms with van der Waals surface area (Å²) in [6, 6.07) is 0. The normalized spacial score (nSPS) is 12.4. The Hall–Kier alpha value is -0.570. The van der Waals surface area contributed by atoms with Crippen LogP contribution in [0.3, 0.4) is 0 Å². The first kappa shape index (κ1) is 26.4. The van der Waals surface area contributed by atoms with E-state index in [9.17, 15) is 4.79 Å². The van der Waals surface area contributed by atoms with Crippen LogP contribution in [0.5, 0.6) is 0 Å². The molecule has 0 aromatic rings. The minimum Gasteiger partial charge on any atom is -0.396 e. The van der Waals surface area contributed by atoms with Gasteiger partial charge >= 0.3 is 0 Å². The SMILES string of the molecule is CCCCCCCCCCCCCCCCCCCCC(CCO)C(N)=O. The molecule has 0 aliphatic carbocycles. The van der Waals surface area contributed by atoms with Crippen LogP contribution in [0.2, 0.25) is 0 Å². The van der Waals surface area contributed by atoms with Crippen LogP contribution in [0.1, 0.15) is 135 Å². The predicted molar refractivity (Wildman–Crippen MR) is 118 cm³/mol. The van der Waals surface area contributed by atoms with Gasteiger partial charge in [-0.15, -0.1) is 0 Å². The molecule has 0 rings (SSSR count). The number of aliphatic hydroxyl groups is 1. The molecule has 1 amide bonds. The quantitative estimate of drug-likeness (QED) is 0.200. The molecule has 0 aromatic heterocycles. The number of aliphatic hydroxyl groups excluding tert-OH is 1. The lowest BCUT2D eigenvalue weighted by molar-refractivity contribution is -0.122. The van der Waals surface area contributed by atoms with Crippen molar-refractivity contribution in [1.82, 2.24) is 0 Å². The average Bonchev–Trinajstić information content (AvgIpc) is 2.66. The topological polar surface area (TPSA) is 63.3 Å². The summed E-state index contributed by atoms with van der Waals surface area (Å²) in [4.78, 5) is 11.2. The van der Waals surface area contributed by atoms with Gasteiger partial charge in [0.15, 0.2) is 0 Å². The van der Waals surface area contributed by atoms with E-state index in [1.165, 1.54) is 109 Å². The smallest absolute Gasteiger partial charge is 0.220 e. The van der Waals surface area contributed by atoms with E-state index < -0.39 is 0 Å². The van der Waals surface area contributed by atoms with E-state index >= 15 is 0 Å². The lowest BCUT2D eigenvalue weighted by atomic mass is 9.96. The van der Waals surface area contributed by atoms with E-state index in [1.54, 1.807) is 0 Å². The number of carbonyl (C=O) groups excluding carboxylic acids is 1. The van der Waals surface area contributed by atoms with Gasteiger partial charge < -0.3 is 10.8 Å². The van der Waals surface area contributed by atoms with Gasteiger partial charge in [-0.05, 0) is 12.8 Å². The van der Waals surface area contributed by atoms with Crippen molar-refractivity contribution in [2.24, 2.45) is 11.7 Å². The Kier molecular flexibility index (Phi) is 21.3. The van der Waals surface area contributed by atoms with Crippen LogP contribution in [0.15, 0.2) is 0 Å². The molecule has 162 valence electrons. The number of primary amides is 1. The maximum atomic E-state index is 11.2. The molecule has 1 atom stereocenters. The largest absolute Gasteiger partial charge is 0.396 e. The molecular weight excluding hydrogens is 334 g/mol. The Bertz CT molecular complexity index is 307. The second-order valence-corrected chi connectivity index (χ2v) is 8.41. The second-order valence-electron chi connectivity index (χ2n) is 8.41. The van der Waals surface area contributed by atoms with Crippen molar-refractivity contribution < 1.29 is 9.90 Å². The van der Waals surface area contributed by atoms with Gasteiger partial charge in [0.1, 0.15) is 0 Å². The first-order chi connectivity index (χ1) is 13.2. The van der Waals surface area contributed by atoms with Crippen molar-refractivity contribution in [1.29, 1.82) is 0 Å².